The molecule has 1 aromatic heterocycles. The Bertz CT molecular complexity index is 828. The quantitative estimate of drug-likeness (QED) is 0.754. The van der Waals surface area contributed by atoms with Crippen molar-refractivity contribution in [2.45, 2.75) is 18.9 Å². The van der Waals surface area contributed by atoms with Gasteiger partial charge in [-0.15, -0.1) is 5.10 Å². The van der Waals surface area contributed by atoms with Crippen molar-refractivity contribution in [1.82, 2.24) is 15.2 Å². The summed E-state index contributed by atoms with van der Waals surface area (Å²) in [5, 5.41) is 14.1. The Morgan fingerprint density at radius 3 is 2.92 bits per heavy atom. The number of aromatic nitrogens is 3. The van der Waals surface area contributed by atoms with Gasteiger partial charge in [0.2, 0.25) is 5.95 Å². The minimum atomic E-state index is -2.94. The van der Waals surface area contributed by atoms with Gasteiger partial charge in [0.05, 0.1) is 24.8 Å². The molecule has 0 aliphatic carbocycles. The molecule has 2 aromatic rings. The minimum Gasteiger partial charge on any atom is -0.496 e. The summed E-state index contributed by atoms with van der Waals surface area (Å²) in [5.41, 5.74) is 1.11. The summed E-state index contributed by atoms with van der Waals surface area (Å²) >= 11 is 0. The van der Waals surface area contributed by atoms with Crippen molar-refractivity contribution in [1.29, 1.82) is 0 Å². The normalized spacial score (nSPS) is 18.7. The third-order valence-electron chi connectivity index (χ3n) is 4.02. The van der Waals surface area contributed by atoms with E-state index in [1.165, 1.54) is 0 Å². The van der Waals surface area contributed by atoms with E-state index < -0.39 is 9.84 Å². The summed E-state index contributed by atoms with van der Waals surface area (Å²) in [6, 6.07) is 7.70. The second-order valence-electron chi connectivity index (χ2n) is 5.90. The number of hydrogen-bond donors (Lipinski definition) is 2. The van der Waals surface area contributed by atoms with Gasteiger partial charge in [-0.1, -0.05) is 18.2 Å². The first-order valence-electron chi connectivity index (χ1n) is 8.08. The van der Waals surface area contributed by atoms with Gasteiger partial charge in [-0.3, -0.25) is 0 Å². The van der Waals surface area contributed by atoms with Crippen molar-refractivity contribution < 1.29 is 13.2 Å². The number of nitrogens with zero attached hydrogens (tertiary/aromatic N) is 3. The molecule has 1 aromatic carbocycles. The fraction of sp³-hybridized carbons (Fsp3) is 0.438. The standard InChI is InChI=1S/C16H21N5O3S/c1-24-14-5-3-2-4-12(14)6-8-17-15-10-18-21-16(20-15)19-13-7-9-25(22,23)11-13/h2-5,10,13H,6-9,11H2,1H3,(H2,17,19,20,21). The Kier molecular flexibility index (Phi) is 5.32. The van der Waals surface area contributed by atoms with Gasteiger partial charge in [-0.05, 0) is 24.5 Å². The highest BCUT2D eigenvalue weighted by molar-refractivity contribution is 7.91. The lowest BCUT2D eigenvalue weighted by atomic mass is 10.1. The third-order valence-corrected chi connectivity index (χ3v) is 5.79. The first kappa shape index (κ1) is 17.4. The molecule has 9 heteroatoms. The van der Waals surface area contributed by atoms with Gasteiger partial charge in [0, 0.05) is 12.6 Å². The number of rotatable bonds is 7. The Labute approximate surface area is 147 Å². The molecule has 134 valence electrons. The number of benzene rings is 1. The highest BCUT2D eigenvalue weighted by Gasteiger charge is 2.28. The highest BCUT2D eigenvalue weighted by atomic mass is 32.2. The predicted octanol–water partition coefficient (Wildman–Crippen LogP) is 1.13. The molecule has 25 heavy (non-hydrogen) atoms. The first-order chi connectivity index (χ1) is 12.1. The maximum absolute atomic E-state index is 11.5. The summed E-state index contributed by atoms with van der Waals surface area (Å²) in [7, 11) is -1.29. The van der Waals surface area contributed by atoms with Gasteiger partial charge in [-0.25, -0.2) is 8.42 Å². The van der Waals surface area contributed by atoms with Gasteiger partial charge < -0.3 is 15.4 Å². The van der Waals surface area contributed by atoms with E-state index in [2.05, 4.69) is 25.8 Å². The molecule has 1 unspecified atom stereocenters. The molecule has 2 heterocycles. The lowest BCUT2D eigenvalue weighted by Gasteiger charge is -2.12. The van der Waals surface area contributed by atoms with E-state index in [0.29, 0.717) is 24.7 Å². The fourth-order valence-corrected chi connectivity index (χ4v) is 4.45. The largest absolute Gasteiger partial charge is 0.496 e. The Morgan fingerprint density at radius 2 is 2.16 bits per heavy atom. The molecule has 1 aliphatic rings. The van der Waals surface area contributed by atoms with Crippen molar-refractivity contribution in [3.63, 3.8) is 0 Å². The van der Waals surface area contributed by atoms with Crippen LogP contribution in [0.1, 0.15) is 12.0 Å². The molecular weight excluding hydrogens is 342 g/mol. The van der Waals surface area contributed by atoms with Crippen LogP contribution < -0.4 is 15.4 Å². The maximum atomic E-state index is 11.5. The molecule has 0 radical (unpaired) electrons. The fourth-order valence-electron chi connectivity index (χ4n) is 2.78. The topological polar surface area (TPSA) is 106 Å². The summed E-state index contributed by atoms with van der Waals surface area (Å²) in [6.07, 6.45) is 2.88. The van der Waals surface area contributed by atoms with Crippen LogP contribution in [0.3, 0.4) is 0 Å². The number of ether oxygens (including phenoxy) is 1. The van der Waals surface area contributed by atoms with E-state index >= 15 is 0 Å². The zero-order chi connectivity index (χ0) is 17.7. The van der Waals surface area contributed by atoms with Gasteiger partial charge in [0.1, 0.15) is 5.75 Å². The Morgan fingerprint density at radius 1 is 1.32 bits per heavy atom. The SMILES string of the molecule is COc1ccccc1CCNc1cnnc(NC2CCS(=O)(=O)C2)n1. The number of sulfone groups is 1. The lowest BCUT2D eigenvalue weighted by molar-refractivity contribution is 0.410. The lowest BCUT2D eigenvalue weighted by Crippen LogP contribution is -2.22. The average Bonchev–Trinajstić information content (AvgIpc) is 2.94. The predicted molar refractivity (Wildman–Crippen MR) is 95.7 cm³/mol. The zero-order valence-corrected chi connectivity index (χ0v) is 14.8. The van der Waals surface area contributed by atoms with Crippen molar-refractivity contribution >= 4 is 21.6 Å². The van der Waals surface area contributed by atoms with Crippen LogP contribution >= 0.6 is 0 Å². The van der Waals surface area contributed by atoms with Gasteiger partial charge in [-0.2, -0.15) is 10.1 Å². The molecule has 1 atom stereocenters. The van der Waals surface area contributed by atoms with Crippen LogP contribution in [0.25, 0.3) is 0 Å². The molecule has 1 aliphatic heterocycles. The van der Waals surface area contributed by atoms with Crippen molar-refractivity contribution in [2.24, 2.45) is 0 Å². The molecule has 3 rings (SSSR count). The van der Waals surface area contributed by atoms with E-state index in [9.17, 15) is 8.42 Å². The van der Waals surface area contributed by atoms with Crippen LogP contribution in [0.2, 0.25) is 0 Å². The second-order valence-corrected chi connectivity index (χ2v) is 8.13. The Hall–Kier alpha value is -2.42. The van der Waals surface area contributed by atoms with Crippen LogP contribution in [0.4, 0.5) is 11.8 Å². The van der Waals surface area contributed by atoms with Crippen molar-refractivity contribution in [2.75, 3.05) is 35.8 Å². The van der Waals surface area contributed by atoms with E-state index in [1.54, 1.807) is 13.3 Å². The molecule has 0 amide bonds. The summed E-state index contributed by atoms with van der Waals surface area (Å²) in [4.78, 5) is 4.34. The Balaban J connectivity index is 1.55. The molecule has 0 saturated carbocycles. The van der Waals surface area contributed by atoms with Crippen LogP contribution in [0.15, 0.2) is 30.5 Å². The molecule has 1 fully saturated rings. The summed E-state index contributed by atoms with van der Waals surface area (Å²) in [6.45, 7) is 0.663. The van der Waals surface area contributed by atoms with Crippen LogP contribution in [-0.4, -0.2) is 54.8 Å². The van der Waals surface area contributed by atoms with Crippen molar-refractivity contribution in [3.05, 3.63) is 36.0 Å². The van der Waals surface area contributed by atoms with E-state index in [4.69, 9.17) is 4.74 Å². The van der Waals surface area contributed by atoms with Gasteiger partial charge in [0.15, 0.2) is 15.7 Å². The molecule has 1 saturated heterocycles. The molecular formula is C16H21N5O3S. The molecule has 0 spiro atoms. The molecule has 8 nitrogen and oxygen atoms in total. The van der Waals surface area contributed by atoms with Crippen LogP contribution in [-0.2, 0) is 16.3 Å². The summed E-state index contributed by atoms with van der Waals surface area (Å²) in [5.74, 6) is 2.10. The molecule has 2 N–H and O–H groups in total. The number of nitrogens with one attached hydrogen (secondary N) is 2. The number of anilines is 2. The maximum Gasteiger partial charge on any atom is 0.244 e. The van der Waals surface area contributed by atoms with Crippen LogP contribution in [0, 0.1) is 0 Å². The van der Waals surface area contributed by atoms with Gasteiger partial charge in [0.25, 0.3) is 0 Å². The smallest absolute Gasteiger partial charge is 0.244 e. The average molecular weight is 363 g/mol. The minimum absolute atomic E-state index is 0.113. The number of methoxy groups -OCH3 is 1. The van der Waals surface area contributed by atoms with Crippen molar-refractivity contribution in [3.8, 4) is 5.75 Å². The summed E-state index contributed by atoms with van der Waals surface area (Å²) < 4.78 is 28.3. The van der Waals surface area contributed by atoms with E-state index in [0.717, 1.165) is 17.7 Å². The monoisotopic (exact) mass is 363 g/mol. The van der Waals surface area contributed by atoms with E-state index in [1.807, 2.05) is 24.3 Å². The van der Waals surface area contributed by atoms with Crippen LogP contribution in [0.5, 0.6) is 5.75 Å². The highest BCUT2D eigenvalue weighted by Crippen LogP contribution is 2.18. The van der Waals surface area contributed by atoms with E-state index in [-0.39, 0.29) is 17.5 Å². The molecule has 0 bridgehead atoms. The van der Waals surface area contributed by atoms with Gasteiger partial charge >= 0.3 is 0 Å². The first-order valence-corrected chi connectivity index (χ1v) is 9.90. The third kappa shape index (κ3) is 4.79. The number of para-hydroxylation sites is 1. The number of hydrogen-bond acceptors (Lipinski definition) is 8. The second kappa shape index (κ2) is 7.64. The zero-order valence-electron chi connectivity index (χ0n) is 14.0.